The number of nitro benzene ring substituents is 1. The Morgan fingerprint density at radius 3 is 2.87 bits per heavy atom. The van der Waals surface area contributed by atoms with Crippen LogP contribution < -0.4 is 5.32 Å². The van der Waals surface area contributed by atoms with Crippen molar-refractivity contribution in [1.29, 1.82) is 0 Å². The molecule has 0 bridgehead atoms. The first-order valence-electron chi connectivity index (χ1n) is 5.10. The van der Waals surface area contributed by atoms with Gasteiger partial charge >= 0.3 is 0 Å². The average Bonchev–Trinajstić information content (AvgIpc) is 2.26. The van der Waals surface area contributed by atoms with E-state index in [4.69, 9.17) is 0 Å². The first-order valence-corrected chi connectivity index (χ1v) is 5.10. The second kappa shape index (κ2) is 5.46. The zero-order chi connectivity index (χ0) is 11.3. The highest BCUT2D eigenvalue weighted by Gasteiger charge is 2.05. The zero-order valence-corrected chi connectivity index (χ0v) is 9.06. The van der Waals surface area contributed by atoms with Gasteiger partial charge in [0.1, 0.15) is 0 Å². The van der Waals surface area contributed by atoms with Gasteiger partial charge in [0.2, 0.25) is 0 Å². The predicted octanol–water partition coefficient (Wildman–Crippen LogP) is 2.48. The van der Waals surface area contributed by atoms with Crippen LogP contribution in [-0.4, -0.2) is 11.0 Å². The second-order valence-electron chi connectivity index (χ2n) is 3.62. The number of nitrogens with zero attached hydrogens (tertiary/aromatic N) is 1. The predicted molar refractivity (Wildman–Crippen MR) is 59.7 cm³/mol. The van der Waals surface area contributed by atoms with Crippen LogP contribution in [0.3, 0.4) is 0 Å². The lowest BCUT2D eigenvalue weighted by molar-refractivity contribution is -0.384. The first-order chi connectivity index (χ1) is 7.13. The minimum Gasteiger partial charge on any atom is -0.310 e. The molecule has 82 valence electrons. The largest absolute Gasteiger partial charge is 0.310 e. The molecule has 0 amide bonds. The van der Waals surface area contributed by atoms with Crippen molar-refractivity contribution >= 4 is 5.69 Å². The monoisotopic (exact) mass is 208 g/mol. The summed E-state index contributed by atoms with van der Waals surface area (Å²) in [5.74, 6) is 0. The molecule has 0 radical (unpaired) electrons. The molecular formula is C11H16N2O2. The molecule has 0 unspecified atom stereocenters. The SMILES string of the molecule is CC[C@@H](C)NCc1cccc([N+](=O)[O-])c1. The summed E-state index contributed by atoms with van der Waals surface area (Å²) in [5.41, 5.74) is 1.10. The molecule has 0 aliphatic carbocycles. The van der Waals surface area contributed by atoms with Crippen molar-refractivity contribution in [3.63, 3.8) is 0 Å². The van der Waals surface area contributed by atoms with Crippen molar-refractivity contribution in [2.24, 2.45) is 0 Å². The maximum Gasteiger partial charge on any atom is 0.269 e. The van der Waals surface area contributed by atoms with Crippen LogP contribution in [0, 0.1) is 10.1 Å². The van der Waals surface area contributed by atoms with Crippen LogP contribution in [0.15, 0.2) is 24.3 Å². The van der Waals surface area contributed by atoms with E-state index in [2.05, 4.69) is 19.2 Å². The van der Waals surface area contributed by atoms with E-state index >= 15 is 0 Å². The van der Waals surface area contributed by atoms with Gasteiger partial charge in [0, 0.05) is 24.7 Å². The van der Waals surface area contributed by atoms with E-state index in [-0.39, 0.29) is 10.6 Å². The summed E-state index contributed by atoms with van der Waals surface area (Å²) in [5, 5.41) is 13.8. The molecule has 0 saturated heterocycles. The summed E-state index contributed by atoms with van der Waals surface area (Å²) < 4.78 is 0. The number of rotatable bonds is 5. The Labute approximate surface area is 89.5 Å². The summed E-state index contributed by atoms with van der Waals surface area (Å²) in [7, 11) is 0. The van der Waals surface area contributed by atoms with Gasteiger partial charge in [-0.2, -0.15) is 0 Å². The van der Waals surface area contributed by atoms with Crippen molar-refractivity contribution in [3.05, 3.63) is 39.9 Å². The molecule has 1 aromatic rings. The molecule has 15 heavy (non-hydrogen) atoms. The van der Waals surface area contributed by atoms with Crippen molar-refractivity contribution in [3.8, 4) is 0 Å². The molecule has 1 atom stereocenters. The molecule has 0 heterocycles. The molecule has 4 nitrogen and oxygen atoms in total. The Kier molecular flexibility index (Phi) is 4.24. The summed E-state index contributed by atoms with van der Waals surface area (Å²) in [4.78, 5) is 10.2. The lowest BCUT2D eigenvalue weighted by Gasteiger charge is -2.10. The maximum atomic E-state index is 10.5. The maximum absolute atomic E-state index is 10.5. The molecule has 4 heteroatoms. The standard InChI is InChI=1S/C11H16N2O2/c1-3-9(2)12-8-10-5-4-6-11(7-10)13(14)15/h4-7,9,12H,3,8H2,1-2H3/t9-/m1/s1. The third-order valence-electron chi connectivity index (χ3n) is 2.39. The number of nitrogens with one attached hydrogen (secondary N) is 1. The highest BCUT2D eigenvalue weighted by Crippen LogP contribution is 2.12. The van der Waals surface area contributed by atoms with E-state index in [1.165, 1.54) is 6.07 Å². The molecule has 1 rings (SSSR count). The number of benzene rings is 1. The molecular weight excluding hydrogens is 192 g/mol. The number of non-ortho nitro benzene ring substituents is 1. The first kappa shape index (κ1) is 11.7. The fourth-order valence-electron chi connectivity index (χ4n) is 1.22. The second-order valence-corrected chi connectivity index (χ2v) is 3.62. The molecule has 0 saturated carbocycles. The average molecular weight is 208 g/mol. The summed E-state index contributed by atoms with van der Waals surface area (Å²) in [6.45, 7) is 4.87. The summed E-state index contributed by atoms with van der Waals surface area (Å²) in [6.07, 6.45) is 1.05. The van der Waals surface area contributed by atoms with Gasteiger partial charge in [0.15, 0.2) is 0 Å². The lowest BCUT2D eigenvalue weighted by atomic mass is 10.2. The van der Waals surface area contributed by atoms with E-state index < -0.39 is 0 Å². The number of hydrogen-bond donors (Lipinski definition) is 1. The Morgan fingerprint density at radius 2 is 2.27 bits per heavy atom. The van der Waals surface area contributed by atoms with Crippen LogP contribution >= 0.6 is 0 Å². The minimum absolute atomic E-state index is 0.151. The number of hydrogen-bond acceptors (Lipinski definition) is 3. The quantitative estimate of drug-likeness (QED) is 0.597. The van der Waals surface area contributed by atoms with E-state index in [0.29, 0.717) is 12.6 Å². The van der Waals surface area contributed by atoms with Crippen LogP contribution in [0.25, 0.3) is 0 Å². The third-order valence-corrected chi connectivity index (χ3v) is 2.39. The number of nitro groups is 1. The normalized spacial score (nSPS) is 12.4. The molecule has 0 aromatic heterocycles. The highest BCUT2D eigenvalue weighted by atomic mass is 16.6. The lowest BCUT2D eigenvalue weighted by Crippen LogP contribution is -2.24. The molecule has 1 aromatic carbocycles. The molecule has 0 fully saturated rings. The van der Waals surface area contributed by atoms with Gasteiger partial charge < -0.3 is 5.32 Å². The van der Waals surface area contributed by atoms with E-state index in [1.54, 1.807) is 12.1 Å². The van der Waals surface area contributed by atoms with Crippen LogP contribution in [0.4, 0.5) is 5.69 Å². The Bertz CT molecular complexity index is 339. The Balaban J connectivity index is 2.62. The van der Waals surface area contributed by atoms with Gasteiger partial charge in [0.25, 0.3) is 5.69 Å². The van der Waals surface area contributed by atoms with Gasteiger partial charge in [-0.25, -0.2) is 0 Å². The molecule has 0 spiro atoms. The molecule has 0 aliphatic rings. The zero-order valence-electron chi connectivity index (χ0n) is 9.06. The van der Waals surface area contributed by atoms with E-state index in [0.717, 1.165) is 12.0 Å². The third kappa shape index (κ3) is 3.67. The Morgan fingerprint density at radius 1 is 1.53 bits per heavy atom. The van der Waals surface area contributed by atoms with E-state index in [9.17, 15) is 10.1 Å². The van der Waals surface area contributed by atoms with Crippen molar-refractivity contribution in [1.82, 2.24) is 5.32 Å². The smallest absolute Gasteiger partial charge is 0.269 e. The van der Waals surface area contributed by atoms with E-state index in [1.807, 2.05) is 6.07 Å². The van der Waals surface area contributed by atoms with Crippen LogP contribution in [0.1, 0.15) is 25.8 Å². The van der Waals surface area contributed by atoms with Crippen LogP contribution in [-0.2, 0) is 6.54 Å². The topological polar surface area (TPSA) is 55.2 Å². The van der Waals surface area contributed by atoms with Crippen LogP contribution in [0.2, 0.25) is 0 Å². The summed E-state index contributed by atoms with van der Waals surface area (Å²) in [6, 6.07) is 7.15. The van der Waals surface area contributed by atoms with Gasteiger partial charge in [-0.05, 0) is 18.9 Å². The summed E-state index contributed by atoms with van der Waals surface area (Å²) >= 11 is 0. The molecule has 1 N–H and O–H groups in total. The Hall–Kier alpha value is -1.42. The van der Waals surface area contributed by atoms with Crippen LogP contribution in [0.5, 0.6) is 0 Å². The van der Waals surface area contributed by atoms with Gasteiger partial charge in [0.05, 0.1) is 4.92 Å². The van der Waals surface area contributed by atoms with Gasteiger partial charge in [-0.1, -0.05) is 19.1 Å². The van der Waals surface area contributed by atoms with Crippen molar-refractivity contribution in [2.45, 2.75) is 32.9 Å². The fraction of sp³-hybridized carbons (Fsp3) is 0.455. The minimum atomic E-state index is -0.368. The van der Waals surface area contributed by atoms with Gasteiger partial charge in [-0.3, -0.25) is 10.1 Å². The van der Waals surface area contributed by atoms with Crippen molar-refractivity contribution < 1.29 is 4.92 Å². The fourth-order valence-corrected chi connectivity index (χ4v) is 1.22. The molecule has 0 aliphatic heterocycles. The van der Waals surface area contributed by atoms with Crippen molar-refractivity contribution in [2.75, 3.05) is 0 Å². The highest BCUT2D eigenvalue weighted by molar-refractivity contribution is 5.34. The van der Waals surface area contributed by atoms with Gasteiger partial charge in [-0.15, -0.1) is 0 Å².